The second-order valence-corrected chi connectivity index (χ2v) is 3.21. The minimum Gasteiger partial charge on any atom is -0.387 e. The first kappa shape index (κ1) is 9.89. The molecule has 0 radical (unpaired) electrons. The lowest BCUT2D eigenvalue weighted by Crippen LogP contribution is -2.45. The minimum absolute atomic E-state index is 0.465. The molecule has 0 aliphatic rings. The van der Waals surface area contributed by atoms with Crippen molar-refractivity contribution >= 4 is 0 Å². The van der Waals surface area contributed by atoms with Crippen molar-refractivity contribution in [2.24, 2.45) is 0 Å². The van der Waals surface area contributed by atoms with E-state index < -0.39 is 11.3 Å². The monoisotopic (exact) mass is 148 g/mol. The van der Waals surface area contributed by atoms with Gasteiger partial charge in [0.05, 0.1) is 5.60 Å². The molecule has 1 N–H and O–H groups in total. The highest BCUT2D eigenvalue weighted by molar-refractivity contribution is 4.91. The zero-order chi connectivity index (χ0) is 8.41. The standard InChI is InChI=1S/C8H17FO/c1-5-8(10,6-2)7(3,4)9/h10H,5-6H2,1-4H3. The van der Waals surface area contributed by atoms with Crippen molar-refractivity contribution < 1.29 is 9.50 Å². The molecule has 0 saturated carbocycles. The summed E-state index contributed by atoms with van der Waals surface area (Å²) in [5.41, 5.74) is -2.64. The lowest BCUT2D eigenvalue weighted by Gasteiger charge is -2.35. The first-order valence-electron chi connectivity index (χ1n) is 3.78. The smallest absolute Gasteiger partial charge is 0.133 e. The van der Waals surface area contributed by atoms with E-state index in [2.05, 4.69) is 0 Å². The first-order valence-corrected chi connectivity index (χ1v) is 3.78. The van der Waals surface area contributed by atoms with E-state index in [1.165, 1.54) is 13.8 Å². The van der Waals surface area contributed by atoms with Crippen LogP contribution in [-0.2, 0) is 0 Å². The van der Waals surface area contributed by atoms with Crippen molar-refractivity contribution in [3.63, 3.8) is 0 Å². The summed E-state index contributed by atoms with van der Waals surface area (Å²) in [6.07, 6.45) is 0.931. The van der Waals surface area contributed by atoms with Gasteiger partial charge in [-0.05, 0) is 26.7 Å². The summed E-state index contributed by atoms with van der Waals surface area (Å²) in [5, 5.41) is 9.59. The molecule has 0 rings (SSSR count). The summed E-state index contributed by atoms with van der Waals surface area (Å²) in [6.45, 7) is 6.43. The molecular formula is C8H17FO. The van der Waals surface area contributed by atoms with Gasteiger partial charge in [-0.1, -0.05) is 13.8 Å². The van der Waals surface area contributed by atoms with Gasteiger partial charge in [-0.15, -0.1) is 0 Å². The number of hydrogen-bond acceptors (Lipinski definition) is 1. The Hall–Kier alpha value is -0.110. The van der Waals surface area contributed by atoms with E-state index in [0.29, 0.717) is 12.8 Å². The van der Waals surface area contributed by atoms with Crippen LogP contribution < -0.4 is 0 Å². The molecule has 2 heteroatoms. The van der Waals surface area contributed by atoms with Crippen molar-refractivity contribution in [1.82, 2.24) is 0 Å². The molecule has 0 unspecified atom stereocenters. The molecule has 0 aromatic rings. The van der Waals surface area contributed by atoms with E-state index >= 15 is 0 Å². The molecule has 0 spiro atoms. The van der Waals surface area contributed by atoms with Crippen LogP contribution in [0.3, 0.4) is 0 Å². The Morgan fingerprint density at radius 3 is 1.50 bits per heavy atom. The van der Waals surface area contributed by atoms with Gasteiger partial charge in [0.2, 0.25) is 0 Å². The number of halogens is 1. The molecule has 1 nitrogen and oxygen atoms in total. The van der Waals surface area contributed by atoms with Gasteiger partial charge >= 0.3 is 0 Å². The molecule has 0 amide bonds. The molecule has 0 aliphatic carbocycles. The van der Waals surface area contributed by atoms with Crippen LogP contribution in [0, 0.1) is 0 Å². The topological polar surface area (TPSA) is 20.2 Å². The van der Waals surface area contributed by atoms with Crippen LogP contribution in [0.1, 0.15) is 40.5 Å². The normalized spacial score (nSPS) is 13.8. The highest BCUT2D eigenvalue weighted by Gasteiger charge is 2.40. The summed E-state index contributed by atoms with van der Waals surface area (Å²) < 4.78 is 13.2. The van der Waals surface area contributed by atoms with Crippen molar-refractivity contribution in [2.75, 3.05) is 0 Å². The Kier molecular flexibility index (Phi) is 2.84. The van der Waals surface area contributed by atoms with E-state index in [1.54, 1.807) is 13.8 Å². The van der Waals surface area contributed by atoms with Crippen molar-refractivity contribution in [1.29, 1.82) is 0 Å². The predicted octanol–water partition coefficient (Wildman–Crippen LogP) is 2.29. The third-order valence-electron chi connectivity index (χ3n) is 2.28. The van der Waals surface area contributed by atoms with Crippen LogP contribution in [0.4, 0.5) is 4.39 Å². The summed E-state index contributed by atoms with van der Waals surface area (Å²) in [5.74, 6) is 0. The zero-order valence-electron chi connectivity index (χ0n) is 7.24. The Morgan fingerprint density at radius 2 is 1.50 bits per heavy atom. The molecule has 0 atom stereocenters. The van der Waals surface area contributed by atoms with E-state index in [4.69, 9.17) is 0 Å². The highest BCUT2D eigenvalue weighted by atomic mass is 19.1. The van der Waals surface area contributed by atoms with Crippen molar-refractivity contribution in [3.8, 4) is 0 Å². The maximum atomic E-state index is 13.2. The fraction of sp³-hybridized carbons (Fsp3) is 1.00. The quantitative estimate of drug-likeness (QED) is 0.651. The molecule has 0 saturated heterocycles. The molecule has 0 aliphatic heterocycles. The van der Waals surface area contributed by atoms with Crippen LogP contribution in [-0.4, -0.2) is 16.4 Å². The second kappa shape index (κ2) is 2.87. The predicted molar refractivity (Wildman–Crippen MR) is 40.7 cm³/mol. The largest absolute Gasteiger partial charge is 0.387 e. The Balaban J connectivity index is 4.33. The van der Waals surface area contributed by atoms with E-state index in [-0.39, 0.29) is 0 Å². The van der Waals surface area contributed by atoms with Gasteiger partial charge in [-0.2, -0.15) is 0 Å². The molecule has 0 aromatic heterocycles. The number of alkyl halides is 1. The van der Waals surface area contributed by atoms with Gasteiger partial charge in [-0.3, -0.25) is 0 Å². The Labute approximate surface area is 62.3 Å². The molecule has 62 valence electrons. The third-order valence-corrected chi connectivity index (χ3v) is 2.28. The lowest BCUT2D eigenvalue weighted by molar-refractivity contribution is -0.0896. The van der Waals surface area contributed by atoms with E-state index in [0.717, 1.165) is 0 Å². The minimum atomic E-state index is -1.49. The van der Waals surface area contributed by atoms with Gasteiger partial charge in [0.1, 0.15) is 5.67 Å². The summed E-state index contributed by atoms with van der Waals surface area (Å²) in [7, 11) is 0. The molecule has 0 bridgehead atoms. The summed E-state index contributed by atoms with van der Waals surface area (Å²) in [4.78, 5) is 0. The van der Waals surface area contributed by atoms with Crippen LogP contribution in [0.2, 0.25) is 0 Å². The van der Waals surface area contributed by atoms with Crippen molar-refractivity contribution in [3.05, 3.63) is 0 Å². The Morgan fingerprint density at radius 1 is 1.20 bits per heavy atom. The number of rotatable bonds is 3. The van der Waals surface area contributed by atoms with Crippen LogP contribution in [0.25, 0.3) is 0 Å². The van der Waals surface area contributed by atoms with Crippen LogP contribution in [0.5, 0.6) is 0 Å². The fourth-order valence-electron chi connectivity index (χ4n) is 1.09. The SMILES string of the molecule is CCC(O)(CC)C(C)(C)F. The molecular weight excluding hydrogens is 131 g/mol. The van der Waals surface area contributed by atoms with Gasteiger partial charge < -0.3 is 5.11 Å². The third kappa shape index (κ3) is 1.69. The zero-order valence-corrected chi connectivity index (χ0v) is 7.24. The van der Waals surface area contributed by atoms with Gasteiger partial charge in [0.25, 0.3) is 0 Å². The number of aliphatic hydroxyl groups is 1. The molecule has 0 heterocycles. The number of hydrogen-bond donors (Lipinski definition) is 1. The summed E-state index contributed by atoms with van der Waals surface area (Å²) >= 11 is 0. The maximum Gasteiger partial charge on any atom is 0.133 e. The molecule has 0 aromatic carbocycles. The van der Waals surface area contributed by atoms with Crippen molar-refractivity contribution in [2.45, 2.75) is 51.8 Å². The fourth-order valence-corrected chi connectivity index (χ4v) is 1.09. The van der Waals surface area contributed by atoms with E-state index in [9.17, 15) is 9.50 Å². The lowest BCUT2D eigenvalue weighted by atomic mass is 9.83. The summed E-state index contributed by atoms with van der Waals surface area (Å²) in [6, 6.07) is 0. The van der Waals surface area contributed by atoms with Gasteiger partial charge in [-0.25, -0.2) is 4.39 Å². The second-order valence-electron chi connectivity index (χ2n) is 3.21. The highest BCUT2D eigenvalue weighted by Crippen LogP contribution is 2.31. The van der Waals surface area contributed by atoms with E-state index in [1.807, 2.05) is 0 Å². The van der Waals surface area contributed by atoms with Gasteiger partial charge in [0, 0.05) is 0 Å². The van der Waals surface area contributed by atoms with Crippen LogP contribution in [0.15, 0.2) is 0 Å². The Bertz CT molecular complexity index is 100. The van der Waals surface area contributed by atoms with Gasteiger partial charge in [0.15, 0.2) is 0 Å². The van der Waals surface area contributed by atoms with Crippen LogP contribution >= 0.6 is 0 Å². The average Bonchev–Trinajstić information content (AvgIpc) is 1.84. The average molecular weight is 148 g/mol. The maximum absolute atomic E-state index is 13.2. The molecule has 0 fully saturated rings. The first-order chi connectivity index (χ1) is 4.37. The molecule has 10 heavy (non-hydrogen) atoms.